The van der Waals surface area contributed by atoms with Crippen LogP contribution in [0.15, 0.2) is 30.3 Å². The molecule has 0 amide bonds. The molecule has 1 unspecified atom stereocenters. The van der Waals surface area contributed by atoms with Crippen molar-refractivity contribution in [2.75, 3.05) is 27.2 Å². The number of nitrogens with zero attached hydrogens (tertiary/aromatic N) is 2. The summed E-state index contributed by atoms with van der Waals surface area (Å²) in [6.07, 6.45) is 1.44. The van der Waals surface area contributed by atoms with Crippen LogP contribution >= 0.6 is 0 Å². The molecule has 0 aliphatic carbocycles. The van der Waals surface area contributed by atoms with E-state index in [0.29, 0.717) is 25.9 Å². The molecule has 1 heterocycles. The molecule has 1 aromatic carbocycles. The zero-order valence-electron chi connectivity index (χ0n) is 13.6. The van der Waals surface area contributed by atoms with E-state index in [9.17, 15) is 18.3 Å². The molecule has 6 nitrogen and oxygen atoms in total. The number of rotatable bonds is 6. The number of benzene rings is 1. The predicted octanol–water partition coefficient (Wildman–Crippen LogP) is 1.76. The predicted molar refractivity (Wildman–Crippen MR) is 88.3 cm³/mol. The van der Waals surface area contributed by atoms with Gasteiger partial charge in [0, 0.05) is 27.2 Å². The van der Waals surface area contributed by atoms with Crippen molar-refractivity contribution in [2.45, 2.75) is 25.2 Å². The lowest BCUT2D eigenvalue weighted by Gasteiger charge is -2.36. The summed E-state index contributed by atoms with van der Waals surface area (Å²) in [6, 6.07) is 9.65. The van der Waals surface area contributed by atoms with Crippen LogP contribution < -0.4 is 0 Å². The van der Waals surface area contributed by atoms with Gasteiger partial charge < -0.3 is 5.11 Å². The number of carbonyl (C=O) groups is 1. The first kappa shape index (κ1) is 17.9. The highest BCUT2D eigenvalue weighted by Gasteiger charge is 2.34. The van der Waals surface area contributed by atoms with Crippen molar-refractivity contribution in [3.63, 3.8) is 0 Å². The molecule has 2 rings (SSSR count). The fourth-order valence-corrected chi connectivity index (χ4v) is 4.32. The minimum absolute atomic E-state index is 0.0714. The van der Waals surface area contributed by atoms with Gasteiger partial charge in [-0.25, -0.2) is 0 Å². The van der Waals surface area contributed by atoms with E-state index < -0.39 is 16.2 Å². The van der Waals surface area contributed by atoms with E-state index in [-0.39, 0.29) is 18.3 Å². The number of piperidine rings is 1. The van der Waals surface area contributed by atoms with Crippen molar-refractivity contribution in [1.82, 2.24) is 8.61 Å². The van der Waals surface area contributed by atoms with E-state index >= 15 is 0 Å². The van der Waals surface area contributed by atoms with Crippen LogP contribution in [0.25, 0.3) is 0 Å². The Labute approximate surface area is 137 Å². The smallest absolute Gasteiger partial charge is 0.303 e. The molecular formula is C16H24N2O4S. The van der Waals surface area contributed by atoms with Crippen molar-refractivity contribution >= 4 is 16.2 Å². The Balaban J connectivity index is 2.10. The minimum Gasteiger partial charge on any atom is -0.481 e. The molecule has 1 fully saturated rings. The molecule has 0 aromatic heterocycles. The Hall–Kier alpha value is -1.44. The maximum Gasteiger partial charge on any atom is 0.303 e. The SMILES string of the molecule is CN(C)S(=O)(=O)N1CCC(C(CC(=O)O)c2ccccc2)CC1. The highest BCUT2D eigenvalue weighted by Crippen LogP contribution is 2.35. The fourth-order valence-electron chi connectivity index (χ4n) is 3.18. The second-order valence-electron chi connectivity index (χ2n) is 6.14. The third-order valence-electron chi connectivity index (χ3n) is 4.48. The lowest BCUT2D eigenvalue weighted by molar-refractivity contribution is -0.137. The highest BCUT2D eigenvalue weighted by atomic mass is 32.2. The average Bonchev–Trinajstić information content (AvgIpc) is 2.53. The summed E-state index contributed by atoms with van der Waals surface area (Å²) in [7, 11) is -0.334. The topological polar surface area (TPSA) is 77.9 Å². The highest BCUT2D eigenvalue weighted by molar-refractivity contribution is 7.86. The molecular weight excluding hydrogens is 316 g/mol. The van der Waals surface area contributed by atoms with Gasteiger partial charge in [-0.05, 0) is 30.2 Å². The second-order valence-corrected chi connectivity index (χ2v) is 8.28. The lowest BCUT2D eigenvalue weighted by Crippen LogP contribution is -2.45. The summed E-state index contributed by atoms with van der Waals surface area (Å²) in [5, 5.41) is 9.22. The Morgan fingerprint density at radius 1 is 1.26 bits per heavy atom. The van der Waals surface area contributed by atoms with Gasteiger partial charge in [-0.2, -0.15) is 17.0 Å². The van der Waals surface area contributed by atoms with Crippen LogP contribution in [-0.2, 0) is 15.0 Å². The van der Waals surface area contributed by atoms with Gasteiger partial charge in [0.2, 0.25) is 0 Å². The van der Waals surface area contributed by atoms with Crippen molar-refractivity contribution in [3.05, 3.63) is 35.9 Å². The van der Waals surface area contributed by atoms with Gasteiger partial charge in [-0.15, -0.1) is 0 Å². The summed E-state index contributed by atoms with van der Waals surface area (Å²) < 4.78 is 27.0. The normalized spacial score (nSPS) is 18.9. The van der Waals surface area contributed by atoms with Crippen LogP contribution in [0.5, 0.6) is 0 Å². The first-order valence-electron chi connectivity index (χ1n) is 7.76. The summed E-state index contributed by atoms with van der Waals surface area (Å²) in [5.74, 6) is -0.706. The van der Waals surface area contributed by atoms with Crippen LogP contribution in [0, 0.1) is 5.92 Å². The number of hydrogen-bond acceptors (Lipinski definition) is 3. The van der Waals surface area contributed by atoms with Crippen LogP contribution in [-0.4, -0.2) is 55.3 Å². The molecule has 1 saturated heterocycles. The molecule has 7 heteroatoms. The minimum atomic E-state index is -3.39. The Kier molecular flexibility index (Phi) is 5.78. The number of carboxylic acids is 1. The Morgan fingerprint density at radius 3 is 2.30 bits per heavy atom. The van der Waals surface area contributed by atoms with Crippen LogP contribution in [0.2, 0.25) is 0 Å². The van der Waals surface area contributed by atoms with E-state index in [1.54, 1.807) is 0 Å². The molecule has 1 N–H and O–H groups in total. The van der Waals surface area contributed by atoms with E-state index in [2.05, 4.69) is 0 Å². The largest absolute Gasteiger partial charge is 0.481 e. The average molecular weight is 340 g/mol. The van der Waals surface area contributed by atoms with Crippen molar-refractivity contribution in [1.29, 1.82) is 0 Å². The summed E-state index contributed by atoms with van der Waals surface area (Å²) in [5.41, 5.74) is 1.02. The first-order valence-corrected chi connectivity index (χ1v) is 9.16. The molecule has 128 valence electrons. The maximum absolute atomic E-state index is 12.2. The monoisotopic (exact) mass is 340 g/mol. The van der Waals surface area contributed by atoms with E-state index in [0.717, 1.165) is 5.56 Å². The third-order valence-corrected chi connectivity index (χ3v) is 6.42. The van der Waals surface area contributed by atoms with Gasteiger partial charge in [0.15, 0.2) is 0 Å². The number of aliphatic carboxylic acids is 1. The molecule has 1 atom stereocenters. The first-order chi connectivity index (χ1) is 10.8. The Morgan fingerprint density at radius 2 is 1.83 bits per heavy atom. The molecule has 0 saturated carbocycles. The molecule has 1 aromatic rings. The zero-order chi connectivity index (χ0) is 17.0. The van der Waals surface area contributed by atoms with Gasteiger partial charge in [-0.3, -0.25) is 4.79 Å². The van der Waals surface area contributed by atoms with Crippen LogP contribution in [0.4, 0.5) is 0 Å². The zero-order valence-corrected chi connectivity index (χ0v) is 14.4. The standard InChI is InChI=1S/C16H24N2O4S/c1-17(2)23(21,22)18-10-8-14(9-11-18)15(12-16(19)20)13-6-4-3-5-7-13/h3-7,14-15H,8-12H2,1-2H3,(H,19,20). The second kappa shape index (κ2) is 7.42. The van der Waals surface area contributed by atoms with Crippen molar-refractivity contribution < 1.29 is 18.3 Å². The van der Waals surface area contributed by atoms with Gasteiger partial charge in [0.1, 0.15) is 0 Å². The summed E-state index contributed by atoms with van der Waals surface area (Å²) >= 11 is 0. The van der Waals surface area contributed by atoms with E-state index in [1.165, 1.54) is 22.7 Å². The molecule has 0 bridgehead atoms. The molecule has 23 heavy (non-hydrogen) atoms. The van der Waals surface area contributed by atoms with Gasteiger partial charge >= 0.3 is 5.97 Å². The van der Waals surface area contributed by atoms with Gasteiger partial charge in [0.05, 0.1) is 6.42 Å². The number of carboxylic acid groups (broad SMARTS) is 1. The van der Waals surface area contributed by atoms with E-state index in [4.69, 9.17) is 0 Å². The van der Waals surface area contributed by atoms with Crippen molar-refractivity contribution in [3.8, 4) is 0 Å². The van der Waals surface area contributed by atoms with Crippen LogP contribution in [0.3, 0.4) is 0 Å². The maximum atomic E-state index is 12.2. The fraction of sp³-hybridized carbons (Fsp3) is 0.562. The van der Waals surface area contributed by atoms with Crippen molar-refractivity contribution in [2.24, 2.45) is 5.92 Å². The van der Waals surface area contributed by atoms with Gasteiger partial charge in [0.25, 0.3) is 10.2 Å². The molecule has 0 radical (unpaired) electrons. The van der Waals surface area contributed by atoms with Gasteiger partial charge in [-0.1, -0.05) is 30.3 Å². The third kappa shape index (κ3) is 4.31. The number of hydrogen-bond donors (Lipinski definition) is 1. The molecule has 1 aliphatic heterocycles. The summed E-state index contributed by atoms with van der Waals surface area (Å²) in [4.78, 5) is 11.2. The molecule has 1 aliphatic rings. The lowest BCUT2D eigenvalue weighted by atomic mass is 9.78. The summed E-state index contributed by atoms with van der Waals surface area (Å²) in [6.45, 7) is 0.877. The van der Waals surface area contributed by atoms with Crippen LogP contribution in [0.1, 0.15) is 30.7 Å². The quantitative estimate of drug-likeness (QED) is 0.856. The molecule has 0 spiro atoms. The van der Waals surface area contributed by atoms with E-state index in [1.807, 2.05) is 30.3 Å². The Bertz CT molecular complexity index is 623.